The molecule has 1 unspecified atom stereocenters. The average Bonchev–Trinajstić information content (AvgIpc) is 2.67. The Labute approximate surface area is 160 Å². The molecule has 1 atom stereocenters. The van der Waals surface area contributed by atoms with Gasteiger partial charge in [-0.3, -0.25) is 14.5 Å². The van der Waals surface area contributed by atoms with Crippen molar-refractivity contribution in [2.75, 3.05) is 33.1 Å². The van der Waals surface area contributed by atoms with E-state index in [9.17, 15) is 9.59 Å². The second kappa shape index (κ2) is 9.73. The van der Waals surface area contributed by atoms with Crippen molar-refractivity contribution in [2.24, 2.45) is 0 Å². The molecule has 0 fully saturated rings. The summed E-state index contributed by atoms with van der Waals surface area (Å²) in [6.07, 6.45) is 0. The summed E-state index contributed by atoms with van der Waals surface area (Å²) in [5, 5.41) is 2.82. The fourth-order valence-corrected chi connectivity index (χ4v) is 2.71. The highest BCUT2D eigenvalue weighted by Crippen LogP contribution is 2.16. The summed E-state index contributed by atoms with van der Waals surface area (Å²) in [5.74, 6) is 0.457. The van der Waals surface area contributed by atoms with Gasteiger partial charge in [0.05, 0.1) is 19.7 Å². The Morgan fingerprint density at radius 3 is 2.44 bits per heavy atom. The van der Waals surface area contributed by atoms with Crippen LogP contribution in [0, 0.1) is 0 Å². The number of anilines is 1. The zero-order chi connectivity index (χ0) is 19.8. The lowest BCUT2D eigenvalue weighted by Crippen LogP contribution is -2.46. The highest BCUT2D eigenvalue weighted by atomic mass is 16.5. The van der Waals surface area contributed by atoms with Gasteiger partial charge in [0, 0.05) is 25.3 Å². The molecular formula is C21H27N3O3. The maximum atomic E-state index is 12.6. The lowest BCUT2D eigenvalue weighted by molar-refractivity contribution is -0.135. The molecule has 27 heavy (non-hydrogen) atoms. The van der Waals surface area contributed by atoms with Crippen LogP contribution in [0.25, 0.3) is 0 Å². The van der Waals surface area contributed by atoms with Crippen LogP contribution in [-0.2, 0) is 16.1 Å². The van der Waals surface area contributed by atoms with E-state index in [-0.39, 0.29) is 18.4 Å². The van der Waals surface area contributed by atoms with Gasteiger partial charge in [0.1, 0.15) is 5.75 Å². The molecule has 0 spiro atoms. The standard InChI is InChI=1S/C21H27N3O3/c1-16(21(26)24(3)14-17-9-6-5-7-10-17)23(2)15-20(25)22-18-11-8-12-19(13-18)27-4/h5-13,16H,14-15H2,1-4H3,(H,22,25). The molecule has 0 aromatic heterocycles. The number of methoxy groups -OCH3 is 1. The lowest BCUT2D eigenvalue weighted by atomic mass is 10.2. The van der Waals surface area contributed by atoms with E-state index in [0.717, 1.165) is 5.56 Å². The van der Waals surface area contributed by atoms with Crippen LogP contribution in [0.4, 0.5) is 5.69 Å². The molecule has 2 aromatic carbocycles. The summed E-state index contributed by atoms with van der Waals surface area (Å²) in [5.41, 5.74) is 1.73. The summed E-state index contributed by atoms with van der Waals surface area (Å²) in [6, 6.07) is 16.6. The first-order chi connectivity index (χ1) is 12.9. The van der Waals surface area contributed by atoms with Gasteiger partial charge in [-0.25, -0.2) is 0 Å². The number of ether oxygens (including phenoxy) is 1. The summed E-state index contributed by atoms with van der Waals surface area (Å²) in [6.45, 7) is 2.46. The van der Waals surface area contributed by atoms with Crippen LogP contribution in [-0.4, -0.2) is 55.4 Å². The van der Waals surface area contributed by atoms with E-state index in [1.807, 2.05) is 49.4 Å². The minimum absolute atomic E-state index is 0.0319. The van der Waals surface area contributed by atoms with Gasteiger partial charge in [-0.1, -0.05) is 36.4 Å². The van der Waals surface area contributed by atoms with Crippen LogP contribution in [0.5, 0.6) is 5.75 Å². The highest BCUT2D eigenvalue weighted by molar-refractivity contribution is 5.93. The fourth-order valence-electron chi connectivity index (χ4n) is 2.71. The van der Waals surface area contributed by atoms with Gasteiger partial charge in [0.25, 0.3) is 0 Å². The number of amides is 2. The van der Waals surface area contributed by atoms with Crippen molar-refractivity contribution in [1.82, 2.24) is 9.80 Å². The van der Waals surface area contributed by atoms with E-state index >= 15 is 0 Å². The Hall–Kier alpha value is -2.86. The zero-order valence-electron chi connectivity index (χ0n) is 16.3. The van der Waals surface area contributed by atoms with E-state index in [4.69, 9.17) is 4.74 Å². The maximum absolute atomic E-state index is 12.6. The monoisotopic (exact) mass is 369 g/mol. The summed E-state index contributed by atoms with van der Waals surface area (Å²) in [7, 11) is 5.12. The second-order valence-corrected chi connectivity index (χ2v) is 6.55. The highest BCUT2D eigenvalue weighted by Gasteiger charge is 2.23. The Morgan fingerprint density at radius 2 is 1.78 bits per heavy atom. The second-order valence-electron chi connectivity index (χ2n) is 6.55. The van der Waals surface area contributed by atoms with Gasteiger partial charge >= 0.3 is 0 Å². The lowest BCUT2D eigenvalue weighted by Gasteiger charge is -2.28. The largest absolute Gasteiger partial charge is 0.497 e. The SMILES string of the molecule is COc1cccc(NC(=O)CN(C)C(C)C(=O)N(C)Cc2ccccc2)c1. The van der Waals surface area contributed by atoms with Crippen LogP contribution < -0.4 is 10.1 Å². The molecule has 2 rings (SSSR count). The third-order valence-electron chi connectivity index (χ3n) is 4.40. The fraction of sp³-hybridized carbons (Fsp3) is 0.333. The quantitative estimate of drug-likeness (QED) is 0.777. The molecule has 0 saturated carbocycles. The smallest absolute Gasteiger partial charge is 0.239 e. The Kier molecular flexibility index (Phi) is 7.37. The molecule has 0 radical (unpaired) electrons. The molecule has 0 bridgehead atoms. The predicted octanol–water partition coefficient (Wildman–Crippen LogP) is 2.61. The third kappa shape index (κ3) is 6.11. The van der Waals surface area contributed by atoms with Crippen molar-refractivity contribution in [3.05, 3.63) is 60.2 Å². The summed E-state index contributed by atoms with van der Waals surface area (Å²) < 4.78 is 5.15. The molecule has 2 aromatic rings. The number of carbonyl (C=O) groups is 2. The van der Waals surface area contributed by atoms with E-state index in [0.29, 0.717) is 18.0 Å². The van der Waals surface area contributed by atoms with E-state index < -0.39 is 6.04 Å². The number of nitrogens with one attached hydrogen (secondary N) is 1. The normalized spacial score (nSPS) is 11.7. The van der Waals surface area contributed by atoms with E-state index in [1.54, 1.807) is 43.1 Å². The number of hydrogen-bond donors (Lipinski definition) is 1. The van der Waals surface area contributed by atoms with Crippen LogP contribution in [0.3, 0.4) is 0 Å². The molecular weight excluding hydrogens is 342 g/mol. The molecule has 144 valence electrons. The van der Waals surface area contributed by atoms with Gasteiger partial charge in [-0.2, -0.15) is 0 Å². The number of carbonyl (C=O) groups excluding carboxylic acids is 2. The number of nitrogens with zero attached hydrogens (tertiary/aromatic N) is 2. The Morgan fingerprint density at radius 1 is 1.07 bits per heavy atom. The van der Waals surface area contributed by atoms with E-state index in [1.165, 1.54) is 0 Å². The number of benzene rings is 2. The first-order valence-corrected chi connectivity index (χ1v) is 8.83. The van der Waals surface area contributed by atoms with Crippen LogP contribution in [0.2, 0.25) is 0 Å². The van der Waals surface area contributed by atoms with Gasteiger partial charge in [-0.05, 0) is 31.7 Å². The van der Waals surface area contributed by atoms with Crippen LogP contribution >= 0.6 is 0 Å². The first-order valence-electron chi connectivity index (χ1n) is 8.83. The molecule has 0 aliphatic carbocycles. The Bertz CT molecular complexity index is 764. The minimum atomic E-state index is -0.408. The molecule has 0 heterocycles. The van der Waals surface area contributed by atoms with Crippen molar-refractivity contribution in [3.8, 4) is 5.75 Å². The van der Waals surface area contributed by atoms with Gasteiger partial charge < -0.3 is 15.0 Å². The molecule has 1 N–H and O–H groups in total. The van der Waals surface area contributed by atoms with Gasteiger partial charge in [0.2, 0.25) is 11.8 Å². The molecule has 6 heteroatoms. The first kappa shape index (κ1) is 20.5. The zero-order valence-corrected chi connectivity index (χ0v) is 16.3. The molecule has 6 nitrogen and oxygen atoms in total. The molecule has 0 aliphatic rings. The van der Waals surface area contributed by atoms with E-state index in [2.05, 4.69) is 5.32 Å². The van der Waals surface area contributed by atoms with Gasteiger partial charge in [-0.15, -0.1) is 0 Å². The topological polar surface area (TPSA) is 61.9 Å². The van der Waals surface area contributed by atoms with Crippen molar-refractivity contribution in [3.63, 3.8) is 0 Å². The average molecular weight is 369 g/mol. The predicted molar refractivity (Wildman–Crippen MR) is 107 cm³/mol. The van der Waals surface area contributed by atoms with Crippen LogP contribution in [0.15, 0.2) is 54.6 Å². The third-order valence-corrected chi connectivity index (χ3v) is 4.40. The van der Waals surface area contributed by atoms with Crippen molar-refractivity contribution in [1.29, 1.82) is 0 Å². The van der Waals surface area contributed by atoms with Crippen molar-refractivity contribution < 1.29 is 14.3 Å². The number of rotatable bonds is 8. The maximum Gasteiger partial charge on any atom is 0.239 e. The number of hydrogen-bond acceptors (Lipinski definition) is 4. The molecule has 0 saturated heterocycles. The van der Waals surface area contributed by atoms with Crippen molar-refractivity contribution in [2.45, 2.75) is 19.5 Å². The summed E-state index contributed by atoms with van der Waals surface area (Å²) >= 11 is 0. The van der Waals surface area contributed by atoms with Crippen molar-refractivity contribution >= 4 is 17.5 Å². The minimum Gasteiger partial charge on any atom is -0.497 e. The Balaban J connectivity index is 1.88. The molecule has 2 amide bonds. The number of likely N-dealkylation sites (N-methyl/N-ethyl adjacent to an activating group) is 2. The van der Waals surface area contributed by atoms with Crippen LogP contribution in [0.1, 0.15) is 12.5 Å². The summed E-state index contributed by atoms with van der Waals surface area (Å²) in [4.78, 5) is 28.4. The van der Waals surface area contributed by atoms with Gasteiger partial charge in [0.15, 0.2) is 0 Å². The molecule has 0 aliphatic heterocycles.